The molecule has 0 spiro atoms. The van der Waals surface area contributed by atoms with Gasteiger partial charge in [-0.1, -0.05) is 0 Å². The summed E-state index contributed by atoms with van der Waals surface area (Å²) < 4.78 is 4.83. The molecule has 0 aliphatic rings. The van der Waals surface area contributed by atoms with E-state index in [2.05, 4.69) is 0 Å². The zero-order chi connectivity index (χ0) is 4.12. The molecule has 0 heterocycles. The van der Waals surface area contributed by atoms with Crippen LogP contribution in [0.4, 0.5) is 0 Å². The Kier molecular flexibility index (Phi) is 103. The Morgan fingerprint density at radius 2 is 1.11 bits per heavy atom. The van der Waals surface area contributed by atoms with E-state index in [4.69, 9.17) is 4.74 Å². The minimum Gasteiger partial charge on any atom is -1.00 e. The molecule has 0 saturated heterocycles. The number of ether oxygens (including phenoxy) is 1. The second kappa shape index (κ2) is 31.0. The molecule has 0 bridgehead atoms. The van der Waals surface area contributed by atoms with Gasteiger partial charge in [0.2, 0.25) is 0 Å². The maximum atomic E-state index is 4.83. The van der Waals surface area contributed by atoms with Gasteiger partial charge >= 0.3 is 17.4 Å². The summed E-state index contributed by atoms with van der Waals surface area (Å²) >= 11 is 0. The molecule has 0 aromatic rings. The van der Waals surface area contributed by atoms with Crippen LogP contribution in [0.3, 0.4) is 0 Å². The first-order valence-electron chi connectivity index (χ1n) is 1.99. The van der Waals surface area contributed by atoms with Crippen LogP contribution in [-0.4, -0.2) is 30.6 Å². The standard InChI is InChI=1S/C4H10O.Al.3HI/c1-3-5-4-2;;;;/h3-4H2,1-2H3;;3*1H/q;+3;;;/p-3. The van der Waals surface area contributed by atoms with E-state index in [1.807, 2.05) is 13.8 Å². The van der Waals surface area contributed by atoms with Crippen LogP contribution < -0.4 is 71.9 Å². The van der Waals surface area contributed by atoms with Gasteiger partial charge in [-0.3, -0.25) is 0 Å². The first kappa shape index (κ1) is 29.9. The van der Waals surface area contributed by atoms with E-state index in [1.165, 1.54) is 0 Å². The molecule has 1 nitrogen and oxygen atoms in total. The number of hydrogen-bond acceptors (Lipinski definition) is 1. The van der Waals surface area contributed by atoms with Crippen LogP contribution in [0, 0.1) is 0 Å². The third-order valence-corrected chi connectivity index (χ3v) is 0.408. The van der Waals surface area contributed by atoms with Crippen molar-refractivity contribution in [3.8, 4) is 0 Å². The minimum atomic E-state index is 0. The second-order valence-electron chi connectivity index (χ2n) is 0.781. The summed E-state index contributed by atoms with van der Waals surface area (Å²) in [6, 6.07) is 0. The van der Waals surface area contributed by atoms with Gasteiger partial charge in [-0.2, -0.15) is 0 Å². The number of halogens is 3. The van der Waals surface area contributed by atoms with E-state index in [9.17, 15) is 0 Å². The Hall–Kier alpha value is 2.68. The quantitative estimate of drug-likeness (QED) is 0.281. The molecule has 5 heteroatoms. The Balaban J connectivity index is -0.0000000133. The zero-order valence-corrected chi connectivity index (χ0v) is 13.2. The second-order valence-corrected chi connectivity index (χ2v) is 0.781. The van der Waals surface area contributed by atoms with Crippen molar-refractivity contribution in [1.82, 2.24) is 0 Å². The van der Waals surface area contributed by atoms with Gasteiger partial charge in [0.05, 0.1) is 0 Å². The maximum Gasteiger partial charge on any atom is 3.00 e. The zero-order valence-electron chi connectivity index (χ0n) is 5.53. The molecule has 0 rings (SSSR count). The molecular formula is C4H10AlI3O. The van der Waals surface area contributed by atoms with Crippen LogP contribution >= 0.6 is 0 Å². The molecule has 0 saturated carbocycles. The average molecular weight is 482 g/mol. The third kappa shape index (κ3) is 36.7. The van der Waals surface area contributed by atoms with Gasteiger partial charge in [0, 0.05) is 13.2 Å². The summed E-state index contributed by atoms with van der Waals surface area (Å²) in [4.78, 5) is 0. The fourth-order valence-electron chi connectivity index (χ4n) is 0.204. The van der Waals surface area contributed by atoms with Crippen LogP contribution in [0.5, 0.6) is 0 Å². The normalized spacial score (nSPS) is 4.67. The molecule has 0 aromatic heterocycles. The molecule has 0 atom stereocenters. The van der Waals surface area contributed by atoms with E-state index in [0.29, 0.717) is 0 Å². The van der Waals surface area contributed by atoms with Crippen molar-refractivity contribution in [3.63, 3.8) is 0 Å². The Morgan fingerprint density at radius 3 is 1.11 bits per heavy atom. The summed E-state index contributed by atoms with van der Waals surface area (Å²) in [5.41, 5.74) is 0. The van der Waals surface area contributed by atoms with Gasteiger partial charge in [0.15, 0.2) is 0 Å². The molecule has 0 N–H and O–H groups in total. The van der Waals surface area contributed by atoms with E-state index in [0.717, 1.165) is 13.2 Å². The smallest absolute Gasteiger partial charge is 1.00 e. The van der Waals surface area contributed by atoms with E-state index >= 15 is 0 Å². The molecule has 0 unspecified atom stereocenters. The van der Waals surface area contributed by atoms with Crippen LogP contribution in [0.15, 0.2) is 0 Å². The Morgan fingerprint density at radius 1 is 0.889 bits per heavy atom. The summed E-state index contributed by atoms with van der Waals surface area (Å²) in [5.74, 6) is 0. The van der Waals surface area contributed by atoms with Gasteiger partial charge in [0.25, 0.3) is 0 Å². The summed E-state index contributed by atoms with van der Waals surface area (Å²) in [7, 11) is 0. The van der Waals surface area contributed by atoms with Crippen LogP contribution in [0.1, 0.15) is 13.8 Å². The minimum absolute atomic E-state index is 0. The molecular weight excluding hydrogens is 472 g/mol. The van der Waals surface area contributed by atoms with Crippen molar-refractivity contribution in [2.45, 2.75) is 13.8 Å². The van der Waals surface area contributed by atoms with Crippen molar-refractivity contribution in [1.29, 1.82) is 0 Å². The molecule has 0 aliphatic carbocycles. The summed E-state index contributed by atoms with van der Waals surface area (Å²) in [6.45, 7) is 5.67. The van der Waals surface area contributed by atoms with E-state index < -0.39 is 0 Å². The van der Waals surface area contributed by atoms with E-state index in [-0.39, 0.29) is 89.3 Å². The van der Waals surface area contributed by atoms with E-state index in [1.54, 1.807) is 0 Å². The van der Waals surface area contributed by atoms with Crippen LogP contribution in [0.2, 0.25) is 0 Å². The summed E-state index contributed by atoms with van der Waals surface area (Å²) in [5, 5.41) is 0. The van der Waals surface area contributed by atoms with Gasteiger partial charge in [0.1, 0.15) is 0 Å². The van der Waals surface area contributed by atoms with Crippen LogP contribution in [0.25, 0.3) is 0 Å². The van der Waals surface area contributed by atoms with Gasteiger partial charge in [-0.15, -0.1) is 0 Å². The van der Waals surface area contributed by atoms with Crippen molar-refractivity contribution in [3.05, 3.63) is 0 Å². The fourth-order valence-corrected chi connectivity index (χ4v) is 0.204. The number of hydrogen-bond donors (Lipinski definition) is 0. The molecule has 0 aliphatic heterocycles. The maximum absolute atomic E-state index is 4.83. The first-order chi connectivity index (χ1) is 2.41. The molecule has 0 aromatic carbocycles. The SMILES string of the molecule is CCOCC.[Al+3].[I-].[I-].[I-]. The van der Waals surface area contributed by atoms with Gasteiger partial charge in [-0.25, -0.2) is 0 Å². The largest absolute Gasteiger partial charge is 3.00 e. The third-order valence-electron chi connectivity index (χ3n) is 0.408. The molecule has 9 heavy (non-hydrogen) atoms. The van der Waals surface area contributed by atoms with Crippen molar-refractivity contribution in [2.24, 2.45) is 0 Å². The van der Waals surface area contributed by atoms with Crippen molar-refractivity contribution < 1.29 is 76.7 Å². The molecule has 56 valence electrons. The predicted molar refractivity (Wildman–Crippen MR) is 27.9 cm³/mol. The van der Waals surface area contributed by atoms with Gasteiger partial charge in [-0.05, 0) is 13.8 Å². The molecule has 0 fully saturated rings. The Bertz CT molecular complexity index is 23.3. The average Bonchev–Trinajstić information content (AvgIpc) is 1.41. The van der Waals surface area contributed by atoms with Crippen LogP contribution in [-0.2, 0) is 4.74 Å². The Labute approximate surface area is 119 Å². The first-order valence-corrected chi connectivity index (χ1v) is 1.99. The number of rotatable bonds is 2. The topological polar surface area (TPSA) is 9.23 Å². The summed E-state index contributed by atoms with van der Waals surface area (Å²) in [6.07, 6.45) is 0. The molecule has 0 amide bonds. The fraction of sp³-hybridized carbons (Fsp3) is 1.00. The molecule has 0 radical (unpaired) electrons. The predicted octanol–water partition coefficient (Wildman–Crippen LogP) is -8.33. The van der Waals surface area contributed by atoms with Crippen molar-refractivity contribution >= 4 is 17.4 Å². The monoisotopic (exact) mass is 482 g/mol. The van der Waals surface area contributed by atoms with Gasteiger partial charge < -0.3 is 76.7 Å². The van der Waals surface area contributed by atoms with Crippen molar-refractivity contribution in [2.75, 3.05) is 13.2 Å².